The molecule has 0 spiro atoms. The fourth-order valence-electron chi connectivity index (χ4n) is 6.74. The lowest BCUT2D eigenvalue weighted by Crippen LogP contribution is -2.25. The van der Waals surface area contributed by atoms with Crippen molar-refractivity contribution in [3.63, 3.8) is 0 Å². The van der Waals surface area contributed by atoms with Crippen LogP contribution < -0.4 is 11.1 Å². The lowest BCUT2D eigenvalue weighted by atomic mass is 10.0. The maximum absolute atomic E-state index is 12.8. The van der Waals surface area contributed by atoms with Crippen LogP contribution in [-0.4, -0.2) is 9.13 Å². The van der Waals surface area contributed by atoms with Crippen LogP contribution in [0.3, 0.4) is 0 Å². The summed E-state index contributed by atoms with van der Waals surface area (Å²) in [5.74, 6) is 0. The average molecular weight is 611 g/mol. The molecule has 0 fully saturated rings. The topological polar surface area (TPSA) is 44.0 Å². The first-order valence-corrected chi connectivity index (χ1v) is 19.4. The van der Waals surface area contributed by atoms with E-state index < -0.39 is 0 Å². The van der Waals surface area contributed by atoms with E-state index in [0.29, 0.717) is 0 Å². The first-order chi connectivity index (χ1) is 21.7. The van der Waals surface area contributed by atoms with Gasteiger partial charge in [-0.15, -0.1) is 0 Å². The van der Waals surface area contributed by atoms with E-state index >= 15 is 0 Å². The Morgan fingerprint density at radius 1 is 0.341 bits per heavy atom. The SMILES string of the molecule is CCCCCCCCCCCCCCCCn1c(=O)ccc2c1ccc(=O)n2CCCCCCCCCCCCCCCC. The van der Waals surface area contributed by atoms with E-state index in [4.69, 9.17) is 0 Å². The summed E-state index contributed by atoms with van der Waals surface area (Å²) in [6.07, 6.45) is 37.3. The Labute approximate surface area is 271 Å². The number of pyridine rings is 2. The summed E-state index contributed by atoms with van der Waals surface area (Å²) in [5, 5.41) is 0. The second-order valence-corrected chi connectivity index (χ2v) is 13.6. The van der Waals surface area contributed by atoms with E-state index in [1.54, 1.807) is 12.1 Å². The van der Waals surface area contributed by atoms with Gasteiger partial charge in [-0.1, -0.05) is 181 Å². The molecule has 0 bridgehead atoms. The Kier molecular flexibility index (Phi) is 23.0. The number of nitrogens with zero attached hydrogens (tertiary/aromatic N) is 2. The molecule has 0 radical (unpaired) electrons. The Balaban J connectivity index is 1.61. The largest absolute Gasteiger partial charge is 0.307 e. The molecule has 0 atom stereocenters. The van der Waals surface area contributed by atoms with Crippen LogP contribution in [0.25, 0.3) is 11.0 Å². The maximum atomic E-state index is 12.8. The van der Waals surface area contributed by atoms with Gasteiger partial charge in [0.05, 0.1) is 11.0 Å². The molecule has 0 aromatic carbocycles. The zero-order valence-electron chi connectivity index (χ0n) is 29.2. The van der Waals surface area contributed by atoms with Crippen molar-refractivity contribution in [2.75, 3.05) is 0 Å². The van der Waals surface area contributed by atoms with Crippen molar-refractivity contribution in [1.29, 1.82) is 0 Å². The third-order valence-corrected chi connectivity index (χ3v) is 9.61. The Bertz CT molecular complexity index is 984. The van der Waals surface area contributed by atoms with Gasteiger partial charge < -0.3 is 9.13 Å². The molecule has 2 aromatic heterocycles. The minimum absolute atomic E-state index is 0.0499. The molecule has 0 aliphatic carbocycles. The van der Waals surface area contributed by atoms with E-state index in [2.05, 4.69) is 13.8 Å². The molecule has 0 aliphatic heterocycles. The second-order valence-electron chi connectivity index (χ2n) is 13.6. The first kappa shape index (κ1) is 38.3. The molecule has 4 heteroatoms. The molecule has 2 heterocycles. The number of unbranched alkanes of at least 4 members (excludes halogenated alkanes) is 26. The van der Waals surface area contributed by atoms with Crippen LogP contribution in [0.5, 0.6) is 0 Å². The van der Waals surface area contributed by atoms with Crippen molar-refractivity contribution >= 4 is 11.0 Å². The number of hydrogen-bond donors (Lipinski definition) is 0. The van der Waals surface area contributed by atoms with Crippen molar-refractivity contribution in [2.45, 2.75) is 207 Å². The predicted molar refractivity (Wildman–Crippen MR) is 193 cm³/mol. The number of fused-ring (bicyclic) bond motifs is 1. The van der Waals surface area contributed by atoms with Crippen LogP contribution in [0.15, 0.2) is 33.9 Å². The van der Waals surface area contributed by atoms with Crippen molar-refractivity contribution in [2.24, 2.45) is 0 Å². The summed E-state index contributed by atoms with van der Waals surface area (Å²) < 4.78 is 3.80. The van der Waals surface area contributed by atoms with Gasteiger partial charge in [0.1, 0.15) is 0 Å². The quantitative estimate of drug-likeness (QED) is 0.0826. The van der Waals surface area contributed by atoms with Crippen molar-refractivity contribution in [1.82, 2.24) is 9.13 Å². The molecule has 2 aromatic rings. The molecular weight excluding hydrogens is 540 g/mol. The van der Waals surface area contributed by atoms with Crippen LogP contribution in [0.1, 0.15) is 194 Å². The van der Waals surface area contributed by atoms with Crippen molar-refractivity contribution < 1.29 is 0 Å². The lowest BCUT2D eigenvalue weighted by molar-refractivity contribution is 0.521. The van der Waals surface area contributed by atoms with E-state index in [1.165, 1.54) is 167 Å². The van der Waals surface area contributed by atoms with Gasteiger partial charge in [-0.3, -0.25) is 9.59 Å². The third kappa shape index (κ3) is 17.0. The van der Waals surface area contributed by atoms with Crippen molar-refractivity contribution in [3.05, 3.63) is 45.0 Å². The van der Waals surface area contributed by atoms with Crippen LogP contribution in [0, 0.1) is 0 Å². The minimum atomic E-state index is 0.0499. The van der Waals surface area contributed by atoms with Gasteiger partial charge in [0.15, 0.2) is 0 Å². The lowest BCUT2D eigenvalue weighted by Gasteiger charge is -2.14. The van der Waals surface area contributed by atoms with E-state index in [-0.39, 0.29) is 11.1 Å². The molecule has 0 saturated heterocycles. The summed E-state index contributed by atoms with van der Waals surface area (Å²) in [6.45, 7) is 6.05. The molecule has 0 N–H and O–H groups in total. The van der Waals surface area contributed by atoms with Gasteiger partial charge in [-0.05, 0) is 25.0 Å². The molecule has 0 unspecified atom stereocenters. The van der Waals surface area contributed by atoms with Gasteiger partial charge in [0, 0.05) is 25.2 Å². The van der Waals surface area contributed by atoms with E-state index in [0.717, 1.165) is 37.0 Å². The molecule has 0 aliphatic rings. The summed E-state index contributed by atoms with van der Waals surface area (Å²) >= 11 is 0. The molecule has 4 nitrogen and oxygen atoms in total. The highest BCUT2D eigenvalue weighted by Gasteiger charge is 2.08. The van der Waals surface area contributed by atoms with E-state index in [1.807, 2.05) is 21.3 Å². The highest BCUT2D eigenvalue weighted by Crippen LogP contribution is 2.16. The van der Waals surface area contributed by atoms with Crippen LogP contribution >= 0.6 is 0 Å². The summed E-state index contributed by atoms with van der Waals surface area (Å²) in [4.78, 5) is 25.5. The summed E-state index contributed by atoms with van der Waals surface area (Å²) in [7, 11) is 0. The molecule has 0 amide bonds. The average Bonchev–Trinajstić information content (AvgIpc) is 3.03. The first-order valence-electron chi connectivity index (χ1n) is 19.4. The second kappa shape index (κ2) is 26.4. The highest BCUT2D eigenvalue weighted by atomic mass is 16.1. The van der Waals surface area contributed by atoms with Gasteiger partial charge in [0.2, 0.25) is 0 Å². The summed E-state index contributed by atoms with van der Waals surface area (Å²) in [5.41, 5.74) is 1.93. The molecule has 0 saturated carbocycles. The molecule has 252 valence electrons. The Hall–Kier alpha value is -1.84. The molecular formula is C40H70N2O2. The van der Waals surface area contributed by atoms with Crippen LogP contribution in [0.4, 0.5) is 0 Å². The maximum Gasteiger partial charge on any atom is 0.251 e. The van der Waals surface area contributed by atoms with Crippen LogP contribution in [-0.2, 0) is 13.1 Å². The highest BCUT2D eigenvalue weighted by molar-refractivity contribution is 5.74. The number of aryl methyl sites for hydroxylation is 2. The minimum Gasteiger partial charge on any atom is -0.307 e. The third-order valence-electron chi connectivity index (χ3n) is 9.61. The Morgan fingerprint density at radius 2 is 0.568 bits per heavy atom. The fraction of sp³-hybridized carbons (Fsp3) is 0.800. The number of aromatic nitrogens is 2. The molecule has 2 rings (SSSR count). The summed E-state index contributed by atoms with van der Waals surface area (Å²) in [6, 6.07) is 7.05. The Morgan fingerprint density at radius 3 is 0.818 bits per heavy atom. The van der Waals surface area contributed by atoms with Crippen LogP contribution in [0.2, 0.25) is 0 Å². The van der Waals surface area contributed by atoms with Gasteiger partial charge in [-0.25, -0.2) is 0 Å². The van der Waals surface area contributed by atoms with Gasteiger partial charge in [-0.2, -0.15) is 0 Å². The number of hydrogen-bond acceptors (Lipinski definition) is 2. The molecule has 44 heavy (non-hydrogen) atoms. The normalized spacial score (nSPS) is 11.6. The smallest absolute Gasteiger partial charge is 0.251 e. The predicted octanol–water partition coefficient (Wildman–Crippen LogP) is 12.1. The van der Waals surface area contributed by atoms with Gasteiger partial charge >= 0.3 is 0 Å². The fourth-order valence-corrected chi connectivity index (χ4v) is 6.74. The monoisotopic (exact) mass is 611 g/mol. The van der Waals surface area contributed by atoms with E-state index in [9.17, 15) is 9.59 Å². The zero-order valence-corrected chi connectivity index (χ0v) is 29.2. The van der Waals surface area contributed by atoms with Gasteiger partial charge in [0.25, 0.3) is 11.1 Å². The zero-order chi connectivity index (χ0) is 31.5. The van der Waals surface area contributed by atoms with Crippen molar-refractivity contribution in [3.8, 4) is 0 Å². The number of rotatable bonds is 30. The standard InChI is InChI=1S/C40H70N2O2/c1-3-5-7-9-11-13-15-17-19-21-23-25-27-29-35-41-37-31-34-40(44)42(38(37)32-33-39(41)43)36-30-28-26-24-22-20-18-16-14-12-10-8-6-4-2/h31-34H,3-30,35-36H2,1-2H3.